The summed E-state index contributed by atoms with van der Waals surface area (Å²) >= 11 is 0. The van der Waals surface area contributed by atoms with Gasteiger partial charge in [-0.3, -0.25) is 4.79 Å². The molecule has 102 valence electrons. The number of halogens is 1. The highest BCUT2D eigenvalue weighted by molar-refractivity contribution is 5.96. The summed E-state index contributed by atoms with van der Waals surface area (Å²) in [5.74, 6) is 4.67. The van der Waals surface area contributed by atoms with Crippen molar-refractivity contribution < 1.29 is 13.7 Å². The first-order valence-electron chi connectivity index (χ1n) is 5.72. The van der Waals surface area contributed by atoms with Crippen molar-refractivity contribution in [3.63, 3.8) is 0 Å². The molecule has 1 aromatic heterocycles. The topological polar surface area (TPSA) is 94.0 Å². The highest BCUT2D eigenvalue weighted by Gasteiger charge is 2.12. The van der Waals surface area contributed by atoms with Gasteiger partial charge in [0.2, 0.25) is 6.39 Å². The van der Waals surface area contributed by atoms with E-state index in [1.807, 2.05) is 0 Å². The van der Waals surface area contributed by atoms with Gasteiger partial charge in [0.05, 0.1) is 18.7 Å². The van der Waals surface area contributed by atoms with Crippen LogP contribution in [0.15, 0.2) is 29.1 Å². The van der Waals surface area contributed by atoms with Crippen LogP contribution in [0, 0.1) is 17.7 Å². The molecule has 0 fully saturated rings. The third kappa shape index (κ3) is 3.40. The zero-order valence-corrected chi connectivity index (χ0v) is 10.4. The Kier molecular flexibility index (Phi) is 4.42. The Morgan fingerprint density at radius 2 is 2.35 bits per heavy atom. The van der Waals surface area contributed by atoms with Gasteiger partial charge in [-0.05, 0) is 18.2 Å². The van der Waals surface area contributed by atoms with Gasteiger partial charge >= 0.3 is 0 Å². The van der Waals surface area contributed by atoms with E-state index in [2.05, 4.69) is 31.8 Å². The minimum absolute atomic E-state index is 0.0790. The molecule has 0 saturated heterocycles. The third-order valence-electron chi connectivity index (χ3n) is 2.37. The zero-order chi connectivity index (χ0) is 14.4. The maximum atomic E-state index is 13.3. The van der Waals surface area contributed by atoms with Gasteiger partial charge < -0.3 is 15.6 Å². The summed E-state index contributed by atoms with van der Waals surface area (Å²) in [6, 6.07) is 3.78. The van der Waals surface area contributed by atoms with Crippen molar-refractivity contribution in [3.05, 3.63) is 47.4 Å². The second kappa shape index (κ2) is 6.45. The Morgan fingerprint density at radius 3 is 3.05 bits per heavy atom. The van der Waals surface area contributed by atoms with Crippen LogP contribution in [0.4, 0.5) is 4.39 Å². The first-order chi connectivity index (χ1) is 9.70. The number of amides is 1. The maximum absolute atomic E-state index is 13.3. The summed E-state index contributed by atoms with van der Waals surface area (Å²) in [6.45, 7) is 0.233. The fourth-order valence-corrected chi connectivity index (χ4v) is 1.48. The van der Waals surface area contributed by atoms with Gasteiger partial charge in [-0.1, -0.05) is 17.0 Å². The van der Waals surface area contributed by atoms with Crippen molar-refractivity contribution in [1.29, 1.82) is 0 Å². The first kappa shape index (κ1) is 13.7. The second-order valence-corrected chi connectivity index (χ2v) is 3.73. The number of hydrogen-bond donors (Lipinski definition) is 2. The molecule has 20 heavy (non-hydrogen) atoms. The van der Waals surface area contributed by atoms with Gasteiger partial charge in [0, 0.05) is 5.56 Å². The van der Waals surface area contributed by atoms with E-state index in [0.29, 0.717) is 11.4 Å². The minimum Gasteiger partial charge on any atom is -0.345 e. The number of rotatable bonds is 3. The molecule has 0 unspecified atom stereocenters. The van der Waals surface area contributed by atoms with E-state index >= 15 is 0 Å². The Balaban J connectivity index is 2.17. The molecule has 0 saturated carbocycles. The van der Waals surface area contributed by atoms with Gasteiger partial charge in [0.1, 0.15) is 5.82 Å². The zero-order valence-electron chi connectivity index (χ0n) is 10.4. The lowest BCUT2D eigenvalue weighted by molar-refractivity contribution is 0.0949. The maximum Gasteiger partial charge on any atom is 0.253 e. The fourth-order valence-electron chi connectivity index (χ4n) is 1.48. The lowest BCUT2D eigenvalue weighted by atomic mass is 10.1. The number of hydrogen-bond acceptors (Lipinski definition) is 5. The van der Waals surface area contributed by atoms with Crippen molar-refractivity contribution in [2.45, 2.75) is 6.54 Å². The summed E-state index contributed by atoms with van der Waals surface area (Å²) in [6.07, 6.45) is 1.15. The van der Waals surface area contributed by atoms with Gasteiger partial charge in [0.15, 0.2) is 5.82 Å². The van der Waals surface area contributed by atoms with Gasteiger partial charge in [0.25, 0.3) is 5.91 Å². The molecular formula is C13H11FN4O2. The highest BCUT2D eigenvalue weighted by Crippen LogP contribution is 2.10. The summed E-state index contributed by atoms with van der Waals surface area (Å²) < 4.78 is 17.8. The molecule has 0 aliphatic heterocycles. The van der Waals surface area contributed by atoms with Gasteiger partial charge in [-0.25, -0.2) is 4.39 Å². The summed E-state index contributed by atoms with van der Waals surface area (Å²) in [7, 11) is 0. The van der Waals surface area contributed by atoms with Crippen LogP contribution in [-0.4, -0.2) is 22.6 Å². The molecule has 0 spiro atoms. The molecule has 3 N–H and O–H groups in total. The third-order valence-corrected chi connectivity index (χ3v) is 2.37. The molecular weight excluding hydrogens is 263 g/mol. The number of benzene rings is 1. The van der Waals surface area contributed by atoms with E-state index < -0.39 is 11.7 Å². The lowest BCUT2D eigenvalue weighted by Gasteiger charge is -2.05. The Hall–Kier alpha value is -2.72. The molecule has 0 aliphatic carbocycles. The summed E-state index contributed by atoms with van der Waals surface area (Å²) in [5.41, 5.74) is 5.82. The Bertz CT molecular complexity index is 659. The van der Waals surface area contributed by atoms with Crippen molar-refractivity contribution in [2.75, 3.05) is 6.54 Å². The number of aromatic nitrogens is 2. The van der Waals surface area contributed by atoms with Crippen molar-refractivity contribution in [1.82, 2.24) is 15.5 Å². The van der Waals surface area contributed by atoms with Crippen LogP contribution in [0.2, 0.25) is 0 Å². The predicted molar refractivity (Wildman–Crippen MR) is 67.8 cm³/mol. The van der Waals surface area contributed by atoms with Crippen LogP contribution in [0.5, 0.6) is 0 Å². The molecule has 1 aromatic carbocycles. The molecule has 1 heterocycles. The van der Waals surface area contributed by atoms with E-state index in [1.165, 1.54) is 12.1 Å². The normalized spacial score (nSPS) is 9.70. The van der Waals surface area contributed by atoms with Crippen molar-refractivity contribution in [2.24, 2.45) is 5.73 Å². The predicted octanol–water partition coefficient (Wildman–Crippen LogP) is 0.449. The quantitative estimate of drug-likeness (QED) is 0.792. The molecule has 2 rings (SSSR count). The Labute approximate surface area is 114 Å². The van der Waals surface area contributed by atoms with Crippen LogP contribution >= 0.6 is 0 Å². The molecule has 0 aliphatic rings. The average Bonchev–Trinajstić information content (AvgIpc) is 2.96. The van der Waals surface area contributed by atoms with Gasteiger partial charge in [-0.15, -0.1) is 0 Å². The first-order valence-corrected chi connectivity index (χ1v) is 5.72. The number of carbonyl (C=O) groups excluding carboxylic acids is 1. The van der Waals surface area contributed by atoms with E-state index in [-0.39, 0.29) is 18.7 Å². The largest absolute Gasteiger partial charge is 0.345 e. The van der Waals surface area contributed by atoms with Crippen LogP contribution in [0.3, 0.4) is 0 Å². The molecule has 1 amide bonds. The number of nitrogens with one attached hydrogen (secondary N) is 1. The molecule has 0 atom stereocenters. The minimum atomic E-state index is -0.520. The van der Waals surface area contributed by atoms with E-state index in [4.69, 9.17) is 5.73 Å². The van der Waals surface area contributed by atoms with Crippen molar-refractivity contribution in [3.8, 4) is 11.8 Å². The molecule has 7 heteroatoms. The van der Waals surface area contributed by atoms with Gasteiger partial charge in [-0.2, -0.15) is 4.98 Å². The summed E-state index contributed by atoms with van der Waals surface area (Å²) in [5, 5.41) is 6.11. The van der Waals surface area contributed by atoms with Crippen LogP contribution in [-0.2, 0) is 6.54 Å². The fraction of sp³-hybridized carbons (Fsp3) is 0.154. The van der Waals surface area contributed by atoms with Crippen LogP contribution < -0.4 is 11.1 Å². The second-order valence-electron chi connectivity index (χ2n) is 3.73. The van der Waals surface area contributed by atoms with E-state index in [0.717, 1.165) is 12.5 Å². The highest BCUT2D eigenvalue weighted by atomic mass is 19.1. The number of carbonyl (C=O) groups is 1. The number of nitrogens with zero attached hydrogens (tertiary/aromatic N) is 2. The SMILES string of the molecule is NCC#Cc1ccc(F)cc1C(=O)NCc1ncon1. The molecule has 0 bridgehead atoms. The number of nitrogens with two attached hydrogens (primary N) is 1. The smallest absolute Gasteiger partial charge is 0.253 e. The van der Waals surface area contributed by atoms with E-state index in [1.54, 1.807) is 0 Å². The standard InChI is InChI=1S/C13H11FN4O2/c14-10-4-3-9(2-1-5-15)11(6-10)13(19)16-7-12-17-8-20-18-12/h3-4,6,8H,5,7,15H2,(H,16,19). The van der Waals surface area contributed by atoms with Crippen LogP contribution in [0.25, 0.3) is 0 Å². The molecule has 6 nitrogen and oxygen atoms in total. The van der Waals surface area contributed by atoms with E-state index in [9.17, 15) is 9.18 Å². The lowest BCUT2D eigenvalue weighted by Crippen LogP contribution is -2.24. The monoisotopic (exact) mass is 274 g/mol. The van der Waals surface area contributed by atoms with Crippen LogP contribution in [0.1, 0.15) is 21.7 Å². The Morgan fingerprint density at radius 1 is 1.50 bits per heavy atom. The molecule has 2 aromatic rings. The summed E-state index contributed by atoms with van der Waals surface area (Å²) in [4.78, 5) is 15.8. The van der Waals surface area contributed by atoms with Crippen molar-refractivity contribution >= 4 is 5.91 Å². The molecule has 0 radical (unpaired) electrons. The average molecular weight is 274 g/mol.